The van der Waals surface area contributed by atoms with Gasteiger partial charge in [0.05, 0.1) is 0 Å². The average molecular weight is 319 g/mol. The Balaban J connectivity index is 2.36. The highest BCUT2D eigenvalue weighted by molar-refractivity contribution is 9.10. The minimum absolute atomic E-state index is 0.382. The molecule has 0 spiro atoms. The van der Waals surface area contributed by atoms with Crippen LogP contribution in [0.1, 0.15) is 18.1 Å². The molecule has 2 rings (SSSR count). The summed E-state index contributed by atoms with van der Waals surface area (Å²) in [5.41, 5.74) is 7.59. The molecule has 98 valence electrons. The molecule has 0 aliphatic heterocycles. The number of hydrogen-bond acceptors (Lipinski definition) is 3. The molecule has 3 nitrogen and oxygen atoms in total. The highest BCUT2D eigenvalue weighted by Crippen LogP contribution is 2.28. The van der Waals surface area contributed by atoms with Crippen LogP contribution in [0.5, 0.6) is 11.6 Å². The third-order valence-corrected chi connectivity index (χ3v) is 3.02. The van der Waals surface area contributed by atoms with Crippen LogP contribution >= 0.6 is 15.9 Å². The molecule has 0 atom stereocenters. The van der Waals surface area contributed by atoms with Crippen molar-refractivity contribution in [1.82, 2.24) is 4.98 Å². The van der Waals surface area contributed by atoms with Gasteiger partial charge in [-0.2, -0.15) is 0 Å². The largest absolute Gasteiger partial charge is 0.438 e. The molecule has 0 radical (unpaired) electrons. The van der Waals surface area contributed by atoms with E-state index in [1.54, 1.807) is 6.20 Å². The Morgan fingerprint density at radius 1 is 1.37 bits per heavy atom. The first kappa shape index (κ1) is 13.8. The lowest BCUT2D eigenvalue weighted by atomic mass is 10.2. The van der Waals surface area contributed by atoms with E-state index in [2.05, 4.69) is 20.9 Å². The summed E-state index contributed by atoms with van der Waals surface area (Å²) in [6.07, 6.45) is 5.67. The molecule has 0 aliphatic rings. The Morgan fingerprint density at radius 2 is 2.16 bits per heavy atom. The lowest BCUT2D eigenvalue weighted by Crippen LogP contribution is -2.01. The number of para-hydroxylation sites is 1. The molecule has 0 fully saturated rings. The van der Waals surface area contributed by atoms with Crippen LogP contribution in [0.15, 0.2) is 47.1 Å². The zero-order valence-electron chi connectivity index (χ0n) is 10.6. The molecule has 0 aliphatic carbocycles. The van der Waals surface area contributed by atoms with Gasteiger partial charge in [-0.25, -0.2) is 4.98 Å². The molecule has 4 heteroatoms. The second kappa shape index (κ2) is 6.50. The molecule has 2 N–H and O–H groups in total. The van der Waals surface area contributed by atoms with Crippen LogP contribution in [0.25, 0.3) is 6.08 Å². The molecule has 1 heterocycles. The topological polar surface area (TPSA) is 48.1 Å². The standard InChI is InChI=1S/C15H15BrN2O/c1-2-5-11-6-3-4-7-14(11)19-15-12(9-17)8-13(16)10-18-15/h2-8,10H,9,17H2,1H3. The van der Waals surface area contributed by atoms with E-state index in [-0.39, 0.29) is 0 Å². The van der Waals surface area contributed by atoms with Crippen molar-refractivity contribution in [3.8, 4) is 11.6 Å². The lowest BCUT2D eigenvalue weighted by Gasteiger charge is -2.11. The van der Waals surface area contributed by atoms with E-state index in [4.69, 9.17) is 10.5 Å². The van der Waals surface area contributed by atoms with Gasteiger partial charge in [-0.15, -0.1) is 0 Å². The summed E-state index contributed by atoms with van der Waals surface area (Å²) >= 11 is 3.38. The number of pyridine rings is 1. The van der Waals surface area contributed by atoms with Crippen molar-refractivity contribution in [1.29, 1.82) is 0 Å². The molecule has 19 heavy (non-hydrogen) atoms. The first-order chi connectivity index (χ1) is 9.24. The van der Waals surface area contributed by atoms with Crippen LogP contribution in [0.3, 0.4) is 0 Å². The molecular weight excluding hydrogens is 304 g/mol. The Bertz CT molecular complexity index is 596. The van der Waals surface area contributed by atoms with E-state index in [0.29, 0.717) is 12.4 Å². The lowest BCUT2D eigenvalue weighted by molar-refractivity contribution is 0.455. The number of hydrogen-bond donors (Lipinski definition) is 1. The van der Waals surface area contributed by atoms with Gasteiger partial charge in [0.2, 0.25) is 5.88 Å². The minimum Gasteiger partial charge on any atom is -0.438 e. The predicted molar refractivity (Wildman–Crippen MR) is 81.1 cm³/mol. The van der Waals surface area contributed by atoms with E-state index in [1.807, 2.05) is 49.4 Å². The van der Waals surface area contributed by atoms with Crippen molar-refractivity contribution in [3.63, 3.8) is 0 Å². The molecule has 0 unspecified atom stereocenters. The molecule has 1 aromatic carbocycles. The summed E-state index contributed by atoms with van der Waals surface area (Å²) in [4.78, 5) is 4.27. The number of benzene rings is 1. The first-order valence-electron chi connectivity index (χ1n) is 5.98. The van der Waals surface area contributed by atoms with Gasteiger partial charge in [-0.3, -0.25) is 0 Å². The van der Waals surface area contributed by atoms with Crippen molar-refractivity contribution in [2.24, 2.45) is 5.73 Å². The third-order valence-electron chi connectivity index (χ3n) is 2.58. The van der Waals surface area contributed by atoms with E-state index in [0.717, 1.165) is 21.3 Å². The summed E-state index contributed by atoms with van der Waals surface area (Å²) in [5.74, 6) is 1.31. The first-order valence-corrected chi connectivity index (χ1v) is 6.78. The quantitative estimate of drug-likeness (QED) is 0.922. The average Bonchev–Trinajstić information content (AvgIpc) is 2.43. The van der Waals surface area contributed by atoms with Crippen LogP contribution in [0, 0.1) is 0 Å². The number of nitrogens with two attached hydrogens (primary N) is 1. The van der Waals surface area contributed by atoms with E-state index >= 15 is 0 Å². The maximum atomic E-state index is 5.88. The van der Waals surface area contributed by atoms with Crippen LogP contribution in [-0.4, -0.2) is 4.98 Å². The number of halogens is 1. The summed E-state index contributed by atoms with van der Waals surface area (Å²) in [7, 11) is 0. The fourth-order valence-corrected chi connectivity index (χ4v) is 2.08. The van der Waals surface area contributed by atoms with Crippen LogP contribution < -0.4 is 10.5 Å². The fourth-order valence-electron chi connectivity index (χ4n) is 1.70. The predicted octanol–water partition coefficient (Wildman–Crippen LogP) is 4.13. The summed E-state index contributed by atoms with van der Waals surface area (Å²) in [6.45, 7) is 2.35. The normalized spacial score (nSPS) is 10.9. The van der Waals surface area contributed by atoms with Gasteiger partial charge in [0.15, 0.2) is 0 Å². The van der Waals surface area contributed by atoms with Crippen molar-refractivity contribution in [3.05, 3.63) is 58.2 Å². The van der Waals surface area contributed by atoms with E-state index in [1.165, 1.54) is 0 Å². The molecule has 0 saturated heterocycles. The summed E-state index contributed by atoms with van der Waals surface area (Å²) in [6, 6.07) is 9.74. The third kappa shape index (κ3) is 3.43. The maximum Gasteiger partial charge on any atom is 0.223 e. The van der Waals surface area contributed by atoms with Crippen LogP contribution in [0.4, 0.5) is 0 Å². The van der Waals surface area contributed by atoms with Crippen molar-refractivity contribution < 1.29 is 4.74 Å². The number of nitrogens with zero attached hydrogens (tertiary/aromatic N) is 1. The van der Waals surface area contributed by atoms with E-state index in [9.17, 15) is 0 Å². The highest BCUT2D eigenvalue weighted by atomic mass is 79.9. The zero-order chi connectivity index (χ0) is 13.7. The second-order valence-electron chi connectivity index (χ2n) is 3.96. The van der Waals surface area contributed by atoms with Crippen LogP contribution in [0.2, 0.25) is 0 Å². The van der Waals surface area contributed by atoms with Crippen LogP contribution in [-0.2, 0) is 6.54 Å². The van der Waals surface area contributed by atoms with Gasteiger partial charge in [0, 0.05) is 28.3 Å². The van der Waals surface area contributed by atoms with E-state index < -0.39 is 0 Å². The Labute approximate surface area is 121 Å². The van der Waals surface area contributed by atoms with Gasteiger partial charge in [-0.05, 0) is 35.0 Å². The Hall–Kier alpha value is -1.65. The number of rotatable bonds is 4. The van der Waals surface area contributed by atoms with Gasteiger partial charge in [-0.1, -0.05) is 30.4 Å². The monoisotopic (exact) mass is 318 g/mol. The molecule has 1 aromatic heterocycles. The number of aromatic nitrogens is 1. The minimum atomic E-state index is 0.382. The summed E-state index contributed by atoms with van der Waals surface area (Å²) in [5, 5.41) is 0. The van der Waals surface area contributed by atoms with Crippen molar-refractivity contribution >= 4 is 22.0 Å². The van der Waals surface area contributed by atoms with Crippen molar-refractivity contribution in [2.75, 3.05) is 0 Å². The Morgan fingerprint density at radius 3 is 2.89 bits per heavy atom. The smallest absolute Gasteiger partial charge is 0.223 e. The number of allylic oxidation sites excluding steroid dienone is 1. The molecule has 2 aromatic rings. The molecule has 0 bridgehead atoms. The second-order valence-corrected chi connectivity index (χ2v) is 4.88. The summed E-state index contributed by atoms with van der Waals surface area (Å²) < 4.78 is 6.77. The zero-order valence-corrected chi connectivity index (χ0v) is 12.2. The molecule has 0 amide bonds. The van der Waals surface area contributed by atoms with Gasteiger partial charge in [0.25, 0.3) is 0 Å². The Kier molecular flexibility index (Phi) is 4.71. The van der Waals surface area contributed by atoms with Gasteiger partial charge in [0.1, 0.15) is 5.75 Å². The fraction of sp³-hybridized carbons (Fsp3) is 0.133. The van der Waals surface area contributed by atoms with Gasteiger partial charge < -0.3 is 10.5 Å². The van der Waals surface area contributed by atoms with Crippen molar-refractivity contribution in [2.45, 2.75) is 13.5 Å². The maximum absolute atomic E-state index is 5.88. The molecule has 0 saturated carbocycles. The number of ether oxygens (including phenoxy) is 1. The molecular formula is C15H15BrN2O. The highest BCUT2D eigenvalue weighted by Gasteiger charge is 2.08. The SMILES string of the molecule is CC=Cc1ccccc1Oc1ncc(Br)cc1CN. The van der Waals surface area contributed by atoms with Gasteiger partial charge >= 0.3 is 0 Å².